The van der Waals surface area contributed by atoms with Crippen LogP contribution in [0.25, 0.3) is 0 Å². The van der Waals surface area contributed by atoms with Crippen LogP contribution in [0.2, 0.25) is 0 Å². The van der Waals surface area contributed by atoms with E-state index in [0.29, 0.717) is 5.92 Å². The van der Waals surface area contributed by atoms with Gasteiger partial charge < -0.3 is 14.2 Å². The topological polar surface area (TPSA) is 39.5 Å². The number of aromatic nitrogens is 2. The predicted octanol–water partition coefficient (Wildman–Crippen LogP) is 5.33. The predicted molar refractivity (Wildman–Crippen MR) is 142 cm³/mol. The van der Waals surface area contributed by atoms with Crippen LogP contribution in [0.3, 0.4) is 0 Å². The summed E-state index contributed by atoms with van der Waals surface area (Å²) in [4.78, 5) is 2.51. The van der Waals surface area contributed by atoms with E-state index in [1.165, 1.54) is 24.1 Å². The molecule has 2 aromatic rings. The van der Waals surface area contributed by atoms with Crippen molar-refractivity contribution in [3.63, 3.8) is 0 Å². The minimum absolute atomic E-state index is 0.310. The second-order valence-electron chi connectivity index (χ2n) is 10.9. The van der Waals surface area contributed by atoms with Crippen molar-refractivity contribution in [2.24, 2.45) is 5.92 Å². The Morgan fingerprint density at radius 2 is 1.76 bits per heavy atom. The Kier molecular flexibility index (Phi) is 7.11. The fourth-order valence-electron chi connectivity index (χ4n) is 4.76. The summed E-state index contributed by atoms with van der Waals surface area (Å²) >= 11 is 0. The molecule has 182 valence electrons. The van der Waals surface area contributed by atoms with Gasteiger partial charge in [-0.3, -0.25) is 4.68 Å². The van der Waals surface area contributed by atoms with Gasteiger partial charge in [-0.15, -0.1) is 0 Å². The first kappa shape index (κ1) is 24.8. The van der Waals surface area contributed by atoms with Crippen molar-refractivity contribution in [3.8, 4) is 0 Å². The first-order valence-corrected chi connectivity index (χ1v) is 12.6. The molecule has 0 aliphatic carbocycles. The van der Waals surface area contributed by atoms with Gasteiger partial charge in [-0.25, -0.2) is 0 Å². The molecule has 2 aliphatic rings. The maximum Gasteiger partial charge on any atom is 0.498 e. The lowest BCUT2D eigenvalue weighted by molar-refractivity contribution is 0.00578. The van der Waals surface area contributed by atoms with E-state index in [4.69, 9.17) is 9.31 Å². The van der Waals surface area contributed by atoms with Gasteiger partial charge in [-0.05, 0) is 76.1 Å². The molecule has 5 nitrogen and oxygen atoms in total. The SMILES string of the molecule is C=CC(=C)C(C)c1ccc(N2CCC(CCn3cc(B4OC(C)(C)C(C)(C)O4)cn3)CC2)cc1. The normalized spacial score (nSPS) is 21.0. The van der Waals surface area contributed by atoms with E-state index in [0.717, 1.165) is 43.0 Å². The van der Waals surface area contributed by atoms with Gasteiger partial charge in [-0.1, -0.05) is 38.3 Å². The summed E-state index contributed by atoms with van der Waals surface area (Å²) in [5.41, 5.74) is 4.02. The molecule has 2 aliphatic heterocycles. The third-order valence-corrected chi connectivity index (χ3v) is 8.14. The Hall–Kier alpha value is -2.31. The van der Waals surface area contributed by atoms with Crippen LogP contribution in [0.15, 0.2) is 61.5 Å². The molecule has 1 aromatic heterocycles. The Bertz CT molecular complexity index is 987. The summed E-state index contributed by atoms with van der Waals surface area (Å²) in [5, 5.41) is 4.58. The zero-order valence-electron chi connectivity index (χ0n) is 21.6. The monoisotopic (exact) mass is 461 g/mol. The van der Waals surface area contributed by atoms with Crippen LogP contribution < -0.4 is 10.4 Å². The highest BCUT2D eigenvalue weighted by Gasteiger charge is 2.52. The van der Waals surface area contributed by atoms with Crippen molar-refractivity contribution in [1.29, 1.82) is 0 Å². The number of aryl methyl sites for hydroxylation is 1. The largest absolute Gasteiger partial charge is 0.498 e. The molecule has 0 spiro atoms. The van der Waals surface area contributed by atoms with Crippen LogP contribution in [0.5, 0.6) is 0 Å². The van der Waals surface area contributed by atoms with Crippen molar-refractivity contribution < 1.29 is 9.31 Å². The maximum absolute atomic E-state index is 6.16. The molecule has 1 atom stereocenters. The fourth-order valence-corrected chi connectivity index (χ4v) is 4.76. The standard InChI is InChI=1S/C28H40BN3O2/c1-8-21(2)22(3)24-9-11-26(12-10-24)31-16-13-23(14-17-31)15-18-32-20-25(19-30-32)29-33-27(4,5)28(6,7)34-29/h8-12,19-20,22-23H,1-2,13-18H2,3-7H3. The Morgan fingerprint density at radius 3 is 2.35 bits per heavy atom. The number of anilines is 1. The lowest BCUT2D eigenvalue weighted by Gasteiger charge is -2.34. The lowest BCUT2D eigenvalue weighted by Crippen LogP contribution is -2.41. The minimum atomic E-state index is -0.341. The van der Waals surface area contributed by atoms with Crippen molar-refractivity contribution >= 4 is 18.3 Å². The van der Waals surface area contributed by atoms with E-state index in [1.54, 1.807) is 0 Å². The molecule has 34 heavy (non-hydrogen) atoms. The summed E-state index contributed by atoms with van der Waals surface area (Å²) in [6.07, 6.45) is 9.41. The van der Waals surface area contributed by atoms with Crippen LogP contribution in [-0.4, -0.2) is 41.2 Å². The fraction of sp³-hybridized carbons (Fsp3) is 0.536. The van der Waals surface area contributed by atoms with Gasteiger partial charge in [0.15, 0.2) is 0 Å². The number of benzene rings is 1. The molecular formula is C28H40BN3O2. The molecule has 1 unspecified atom stereocenters. The molecule has 2 saturated heterocycles. The van der Waals surface area contributed by atoms with Gasteiger partial charge in [0, 0.05) is 49.1 Å². The summed E-state index contributed by atoms with van der Waals surface area (Å²) in [6, 6.07) is 8.97. The third kappa shape index (κ3) is 5.18. The minimum Gasteiger partial charge on any atom is -0.399 e. The van der Waals surface area contributed by atoms with Crippen LogP contribution in [0.1, 0.15) is 65.4 Å². The van der Waals surface area contributed by atoms with Crippen molar-refractivity contribution in [2.45, 2.75) is 77.5 Å². The van der Waals surface area contributed by atoms with Crippen molar-refractivity contribution in [1.82, 2.24) is 9.78 Å². The van der Waals surface area contributed by atoms with Crippen molar-refractivity contribution in [3.05, 3.63) is 67.0 Å². The second-order valence-corrected chi connectivity index (χ2v) is 10.9. The van der Waals surface area contributed by atoms with E-state index in [-0.39, 0.29) is 18.3 Å². The highest BCUT2D eigenvalue weighted by Crippen LogP contribution is 2.36. The lowest BCUT2D eigenvalue weighted by atomic mass is 9.82. The molecule has 1 aromatic carbocycles. The van der Waals surface area contributed by atoms with Crippen LogP contribution in [-0.2, 0) is 15.9 Å². The summed E-state index contributed by atoms with van der Waals surface area (Å²) in [6.45, 7) is 21.6. The summed E-state index contributed by atoms with van der Waals surface area (Å²) < 4.78 is 14.4. The molecule has 4 rings (SSSR count). The van der Waals surface area contributed by atoms with E-state index in [9.17, 15) is 0 Å². The Morgan fingerprint density at radius 1 is 1.15 bits per heavy atom. The number of hydrogen-bond acceptors (Lipinski definition) is 4. The van der Waals surface area contributed by atoms with Gasteiger partial charge in [-0.2, -0.15) is 5.10 Å². The van der Waals surface area contributed by atoms with E-state index >= 15 is 0 Å². The Balaban J connectivity index is 1.25. The molecule has 6 heteroatoms. The highest BCUT2D eigenvalue weighted by molar-refractivity contribution is 6.62. The zero-order chi connectivity index (χ0) is 24.5. The number of nitrogens with zero attached hydrogens (tertiary/aromatic N) is 3. The van der Waals surface area contributed by atoms with Gasteiger partial charge >= 0.3 is 7.12 Å². The molecule has 0 bridgehead atoms. The van der Waals surface area contributed by atoms with E-state index in [1.807, 2.05) is 17.0 Å². The van der Waals surface area contributed by atoms with E-state index < -0.39 is 0 Å². The highest BCUT2D eigenvalue weighted by atomic mass is 16.7. The average Bonchev–Trinajstić information content (AvgIpc) is 3.38. The molecule has 3 heterocycles. The molecular weight excluding hydrogens is 421 g/mol. The molecule has 2 fully saturated rings. The number of allylic oxidation sites excluding steroid dienone is 2. The zero-order valence-corrected chi connectivity index (χ0v) is 21.6. The molecule has 0 N–H and O–H groups in total. The quantitative estimate of drug-likeness (QED) is 0.393. The third-order valence-electron chi connectivity index (χ3n) is 8.14. The second kappa shape index (κ2) is 9.75. The molecule has 0 radical (unpaired) electrons. The first-order chi connectivity index (χ1) is 16.1. The van der Waals surface area contributed by atoms with Crippen LogP contribution in [0.4, 0.5) is 5.69 Å². The van der Waals surface area contributed by atoms with Gasteiger partial charge in [0.25, 0.3) is 0 Å². The number of piperidine rings is 1. The first-order valence-electron chi connectivity index (χ1n) is 12.6. The molecule has 0 amide bonds. The van der Waals surface area contributed by atoms with Crippen LogP contribution in [0, 0.1) is 5.92 Å². The van der Waals surface area contributed by atoms with Gasteiger partial charge in [0.1, 0.15) is 0 Å². The summed E-state index contributed by atoms with van der Waals surface area (Å²) in [7, 11) is -0.341. The Labute approximate surface area is 206 Å². The summed E-state index contributed by atoms with van der Waals surface area (Å²) in [5.74, 6) is 1.04. The maximum atomic E-state index is 6.16. The van der Waals surface area contributed by atoms with Crippen molar-refractivity contribution in [2.75, 3.05) is 18.0 Å². The van der Waals surface area contributed by atoms with Gasteiger partial charge in [0.05, 0.1) is 11.2 Å². The van der Waals surface area contributed by atoms with E-state index in [2.05, 4.69) is 88.2 Å². The molecule has 0 saturated carbocycles. The average molecular weight is 461 g/mol. The van der Waals surface area contributed by atoms with Crippen LogP contribution >= 0.6 is 0 Å². The van der Waals surface area contributed by atoms with Gasteiger partial charge in [0.2, 0.25) is 0 Å². The number of rotatable bonds is 8. The smallest absolute Gasteiger partial charge is 0.399 e. The number of hydrogen-bond donors (Lipinski definition) is 0.